The highest BCUT2D eigenvalue weighted by Gasteiger charge is 2.57. The molecule has 0 radical (unpaired) electrons. The number of aliphatic hydroxyl groups excluding tert-OH is 6. The molecule has 0 aromatic heterocycles. The van der Waals surface area contributed by atoms with Gasteiger partial charge in [0, 0.05) is 13.8 Å². The normalized spacial score (nSPS) is 49.2. The van der Waals surface area contributed by atoms with Gasteiger partial charge in [-0.25, -0.2) is 0 Å². The van der Waals surface area contributed by atoms with Crippen LogP contribution >= 0.6 is 0 Å². The van der Waals surface area contributed by atoms with Crippen molar-refractivity contribution in [2.45, 2.75) is 113 Å². The van der Waals surface area contributed by atoms with Crippen molar-refractivity contribution < 1.29 is 68.6 Å². The summed E-state index contributed by atoms with van der Waals surface area (Å²) >= 11 is 0. The molecule has 218 valence electrons. The number of carbonyl (C=O) groups excluding carboxylic acids is 2. The molecule has 4 bridgehead atoms. The lowest BCUT2D eigenvalue weighted by Gasteiger charge is -2.48. The Morgan fingerprint density at radius 2 is 1.05 bits per heavy atom. The summed E-state index contributed by atoms with van der Waals surface area (Å²) < 4.78 is 35.3. The van der Waals surface area contributed by atoms with Gasteiger partial charge in [-0.1, -0.05) is 0 Å². The monoisotopic (exact) mass is 552 g/mol. The van der Waals surface area contributed by atoms with Crippen LogP contribution in [0.15, 0.2) is 0 Å². The van der Waals surface area contributed by atoms with Gasteiger partial charge in [0.25, 0.3) is 0 Å². The van der Waals surface area contributed by atoms with E-state index in [0.29, 0.717) is 0 Å². The Morgan fingerprint density at radius 1 is 0.605 bits per heavy atom. The summed E-state index contributed by atoms with van der Waals surface area (Å²) in [4.78, 5) is 24.3. The SMILES string of the molecule is CC(=O)N[C@@H]1[C@@H]2O[C@H]3[C@H](O)[C@@H](CO)O[C@@H](O[C@H]4[C@H](O[C@@H]1[C@H](O)[C@H](C)O2)O[C@H](CO)[C@H](O)[C@@H]4O)[C@@H]3NC(C)=O. The Balaban J connectivity index is 1.84. The van der Waals surface area contributed by atoms with Crippen LogP contribution < -0.4 is 10.6 Å². The maximum Gasteiger partial charge on any atom is 0.217 e. The summed E-state index contributed by atoms with van der Waals surface area (Å²) in [5.41, 5.74) is 0. The van der Waals surface area contributed by atoms with Gasteiger partial charge >= 0.3 is 0 Å². The molecule has 0 aliphatic carbocycles. The van der Waals surface area contributed by atoms with Gasteiger partial charge in [0.15, 0.2) is 18.9 Å². The van der Waals surface area contributed by atoms with Crippen molar-refractivity contribution in [1.29, 1.82) is 0 Å². The van der Waals surface area contributed by atoms with Crippen LogP contribution in [0.5, 0.6) is 0 Å². The second kappa shape index (κ2) is 11.9. The zero-order valence-electron chi connectivity index (χ0n) is 21.0. The fourth-order valence-electron chi connectivity index (χ4n) is 5.19. The Bertz CT molecular complexity index is 851. The number of nitrogens with one attached hydrogen (secondary N) is 2. The fraction of sp³-hybridized carbons (Fsp3) is 0.909. The molecule has 0 aromatic rings. The highest BCUT2D eigenvalue weighted by molar-refractivity contribution is 5.73. The molecule has 0 spiro atoms. The molecule has 0 saturated carbocycles. The molecule has 4 aliphatic rings. The summed E-state index contributed by atoms with van der Waals surface area (Å²) in [5.74, 6) is -1.11. The average Bonchev–Trinajstić information content (AvgIpc) is 2.86. The van der Waals surface area contributed by atoms with Gasteiger partial charge in [-0.2, -0.15) is 0 Å². The number of rotatable bonds is 4. The van der Waals surface area contributed by atoms with Gasteiger partial charge in [-0.3, -0.25) is 9.59 Å². The molecule has 38 heavy (non-hydrogen) atoms. The van der Waals surface area contributed by atoms with Crippen molar-refractivity contribution in [3.8, 4) is 0 Å². The number of carbonyl (C=O) groups is 2. The van der Waals surface area contributed by atoms with Crippen molar-refractivity contribution in [3.05, 3.63) is 0 Å². The van der Waals surface area contributed by atoms with Crippen LogP contribution in [0.1, 0.15) is 20.8 Å². The minimum Gasteiger partial charge on any atom is -0.394 e. The smallest absolute Gasteiger partial charge is 0.217 e. The van der Waals surface area contributed by atoms with E-state index in [4.69, 9.17) is 28.4 Å². The van der Waals surface area contributed by atoms with Crippen molar-refractivity contribution in [3.63, 3.8) is 0 Å². The largest absolute Gasteiger partial charge is 0.394 e. The van der Waals surface area contributed by atoms with Crippen LogP contribution in [0, 0.1) is 0 Å². The predicted molar refractivity (Wildman–Crippen MR) is 120 cm³/mol. The number of fused-ring (bicyclic) bond motifs is 5. The van der Waals surface area contributed by atoms with Crippen LogP contribution in [0.3, 0.4) is 0 Å². The Labute approximate surface area is 217 Å². The summed E-state index contributed by atoms with van der Waals surface area (Å²) in [6, 6.07) is -2.47. The molecule has 4 fully saturated rings. The van der Waals surface area contributed by atoms with Gasteiger partial charge in [0.2, 0.25) is 11.8 Å². The molecule has 0 unspecified atom stereocenters. The maximum absolute atomic E-state index is 12.1. The lowest BCUT2D eigenvalue weighted by molar-refractivity contribution is -0.362. The molecular weight excluding hydrogens is 516 g/mol. The summed E-state index contributed by atoms with van der Waals surface area (Å²) in [5, 5.41) is 68.2. The van der Waals surface area contributed by atoms with Gasteiger partial charge in [0.05, 0.1) is 19.3 Å². The third-order valence-electron chi connectivity index (χ3n) is 7.11. The van der Waals surface area contributed by atoms with Crippen molar-refractivity contribution in [2.75, 3.05) is 13.2 Å². The first-order valence-corrected chi connectivity index (χ1v) is 12.4. The lowest BCUT2D eigenvalue weighted by atomic mass is 9.94. The van der Waals surface area contributed by atoms with Gasteiger partial charge in [-0.05, 0) is 6.92 Å². The third kappa shape index (κ3) is 5.67. The van der Waals surface area contributed by atoms with Crippen molar-refractivity contribution in [1.82, 2.24) is 10.6 Å². The highest BCUT2D eigenvalue weighted by Crippen LogP contribution is 2.36. The number of amides is 2. The van der Waals surface area contributed by atoms with E-state index in [1.807, 2.05) is 0 Å². The van der Waals surface area contributed by atoms with Crippen molar-refractivity contribution in [2.24, 2.45) is 0 Å². The summed E-state index contributed by atoms with van der Waals surface area (Å²) in [7, 11) is 0. The second-order valence-electron chi connectivity index (χ2n) is 9.88. The molecule has 16 nitrogen and oxygen atoms in total. The summed E-state index contributed by atoms with van der Waals surface area (Å²) in [6.07, 6.45) is -18.4. The minimum atomic E-state index is -1.73. The molecule has 4 saturated heterocycles. The minimum absolute atomic E-state index is 0.546. The zero-order valence-corrected chi connectivity index (χ0v) is 21.0. The van der Waals surface area contributed by atoms with E-state index < -0.39 is 117 Å². The van der Waals surface area contributed by atoms with E-state index in [1.54, 1.807) is 0 Å². The van der Waals surface area contributed by atoms with Crippen LogP contribution in [0.2, 0.25) is 0 Å². The van der Waals surface area contributed by atoms with Crippen LogP contribution in [0.25, 0.3) is 0 Å². The number of aliphatic hydroxyl groups is 6. The molecule has 4 heterocycles. The van der Waals surface area contributed by atoms with E-state index >= 15 is 0 Å². The lowest BCUT2D eigenvalue weighted by Crippen LogP contribution is -2.69. The fourth-order valence-corrected chi connectivity index (χ4v) is 5.19. The maximum atomic E-state index is 12.1. The topological polar surface area (TPSA) is 235 Å². The molecule has 4 rings (SSSR count). The van der Waals surface area contributed by atoms with Crippen LogP contribution in [-0.2, 0) is 38.0 Å². The molecular formula is C22H36N2O14. The third-order valence-corrected chi connectivity index (χ3v) is 7.11. The van der Waals surface area contributed by atoms with E-state index in [9.17, 15) is 40.2 Å². The quantitative estimate of drug-likeness (QED) is 0.163. The highest BCUT2D eigenvalue weighted by atomic mass is 16.8. The van der Waals surface area contributed by atoms with E-state index in [1.165, 1.54) is 20.8 Å². The first-order valence-electron chi connectivity index (χ1n) is 12.4. The number of hydrogen-bond donors (Lipinski definition) is 8. The molecule has 0 aromatic carbocycles. The molecule has 4 aliphatic heterocycles. The second-order valence-corrected chi connectivity index (χ2v) is 9.88. The number of ether oxygens (including phenoxy) is 6. The average molecular weight is 553 g/mol. The summed E-state index contributed by atoms with van der Waals surface area (Å²) in [6.45, 7) is 2.53. The molecule has 8 N–H and O–H groups in total. The zero-order chi connectivity index (χ0) is 27.9. The first kappa shape index (κ1) is 29.4. The van der Waals surface area contributed by atoms with Crippen molar-refractivity contribution >= 4 is 11.8 Å². The molecule has 16 heteroatoms. The van der Waals surface area contributed by atoms with Gasteiger partial charge in [-0.15, -0.1) is 0 Å². The van der Waals surface area contributed by atoms with Crippen LogP contribution in [0.4, 0.5) is 0 Å². The Kier molecular flexibility index (Phi) is 9.23. The van der Waals surface area contributed by atoms with Crippen LogP contribution in [-0.4, -0.2) is 148 Å². The Hall–Kier alpha value is -1.54. The van der Waals surface area contributed by atoms with Gasteiger partial charge in [0.1, 0.15) is 67.0 Å². The molecule has 15 atom stereocenters. The standard InChI is InChI=1S/C22H36N2O14/c1-6-13(29)17-11(23-7(2)27)20(33-6)36-18-12(24-8(3)28)21(34-10(5-26)15(18)31)38-19-16(32)14(30)9(4-25)35-22(19)37-17/h6,9-22,25-26,29-32H,4-5H2,1-3H3,(H,23,27)(H,24,28)/t6-,9+,10+,11-,12+,13+,14-,15+,16-,17-,18+,19+,20-,21-,22-/m0/s1. The number of hydrogen-bond acceptors (Lipinski definition) is 14. The van der Waals surface area contributed by atoms with E-state index in [0.717, 1.165) is 0 Å². The first-order chi connectivity index (χ1) is 18.0. The van der Waals surface area contributed by atoms with E-state index in [2.05, 4.69) is 10.6 Å². The predicted octanol–water partition coefficient (Wildman–Crippen LogP) is -5.21. The molecule has 2 amide bonds. The van der Waals surface area contributed by atoms with Gasteiger partial charge < -0.3 is 69.7 Å². The Morgan fingerprint density at radius 3 is 1.61 bits per heavy atom. The van der Waals surface area contributed by atoms with E-state index in [-0.39, 0.29) is 0 Å².